The minimum atomic E-state index is -1.10. The van der Waals surface area contributed by atoms with E-state index in [1.807, 2.05) is 18.2 Å². The quantitative estimate of drug-likeness (QED) is 0.556. The van der Waals surface area contributed by atoms with Gasteiger partial charge < -0.3 is 0 Å². The number of thioether (sulfide) groups is 2. The fourth-order valence-electron chi connectivity index (χ4n) is 2.44. The Morgan fingerprint density at radius 3 is 2.50 bits per heavy atom. The second kappa shape index (κ2) is 2.67. The fourth-order valence-corrected chi connectivity index (χ4v) is 5.41. The average Bonchev–Trinajstić information content (AvgIpc) is 3.11. The molecule has 2 fully saturated rings. The smallest absolute Gasteiger partial charge is 0.188 e. The summed E-state index contributed by atoms with van der Waals surface area (Å²) < 4.78 is 26.6. The van der Waals surface area contributed by atoms with E-state index in [-0.39, 0.29) is 15.8 Å². The first kappa shape index (κ1) is 9.54. The third kappa shape index (κ3) is 1.07. The Morgan fingerprint density at radius 2 is 1.75 bits per heavy atom. The number of halogens is 2. The van der Waals surface area contributed by atoms with Crippen molar-refractivity contribution in [2.45, 2.75) is 20.2 Å². The normalized spacial score (nSPS) is 47.1. The molecular weight excluding hydrogens is 246 g/mol. The van der Waals surface area contributed by atoms with Crippen LogP contribution in [0.4, 0.5) is 8.78 Å². The van der Waals surface area contributed by atoms with E-state index in [0.29, 0.717) is 5.25 Å². The molecule has 1 aromatic rings. The van der Waals surface area contributed by atoms with Gasteiger partial charge in [0.1, 0.15) is 5.82 Å². The third-order valence-corrected chi connectivity index (χ3v) is 6.65. The van der Waals surface area contributed by atoms with Gasteiger partial charge in [-0.2, -0.15) is 0 Å². The van der Waals surface area contributed by atoms with E-state index in [0.717, 1.165) is 5.56 Å². The lowest BCUT2D eigenvalue weighted by Crippen LogP contribution is -2.22. The van der Waals surface area contributed by atoms with E-state index in [2.05, 4.69) is 0 Å². The predicted octanol–water partition coefficient (Wildman–Crippen LogP) is 3.49. The highest BCUT2D eigenvalue weighted by Gasteiger charge is 2.74. The molecule has 0 amide bonds. The minimum Gasteiger partial charge on any atom is -0.226 e. The first-order valence-corrected chi connectivity index (χ1v) is 6.91. The van der Waals surface area contributed by atoms with Crippen LogP contribution in [0.25, 0.3) is 0 Å². The van der Waals surface area contributed by atoms with Crippen molar-refractivity contribution in [3.8, 4) is 0 Å². The molecule has 4 rings (SSSR count). The zero-order valence-corrected chi connectivity index (χ0v) is 9.82. The van der Waals surface area contributed by atoms with Gasteiger partial charge in [-0.15, -0.1) is 23.5 Å². The van der Waals surface area contributed by atoms with E-state index >= 15 is 0 Å². The van der Waals surface area contributed by atoms with Gasteiger partial charge >= 0.3 is 0 Å². The van der Waals surface area contributed by atoms with Crippen molar-refractivity contribution in [1.82, 2.24) is 0 Å². The first-order chi connectivity index (χ1) is 7.64. The molecule has 0 aromatic heterocycles. The molecule has 4 unspecified atom stereocenters. The molecule has 0 spiro atoms. The van der Waals surface area contributed by atoms with E-state index in [1.165, 1.54) is 23.9 Å². The maximum absolute atomic E-state index is 13.8. The van der Waals surface area contributed by atoms with Gasteiger partial charge in [-0.3, -0.25) is 0 Å². The van der Waals surface area contributed by atoms with Crippen LogP contribution in [0.3, 0.4) is 0 Å². The van der Waals surface area contributed by atoms with Gasteiger partial charge in [0, 0.05) is 5.25 Å². The highest BCUT2D eigenvalue weighted by molar-refractivity contribution is 8.13. The molecule has 3 aliphatic rings. The molecule has 0 radical (unpaired) electrons. The van der Waals surface area contributed by atoms with Crippen LogP contribution in [0, 0.1) is 5.82 Å². The summed E-state index contributed by atoms with van der Waals surface area (Å²) in [6, 6.07) is 6.58. The van der Waals surface area contributed by atoms with Crippen LogP contribution in [-0.4, -0.2) is 15.5 Å². The Balaban J connectivity index is 1.75. The topological polar surface area (TPSA) is 0 Å². The van der Waals surface area contributed by atoms with Crippen LogP contribution < -0.4 is 0 Å². The lowest BCUT2D eigenvalue weighted by atomic mass is 9.89. The van der Waals surface area contributed by atoms with Crippen LogP contribution in [0.1, 0.15) is 5.56 Å². The van der Waals surface area contributed by atoms with Crippen molar-refractivity contribution >= 4 is 23.5 Å². The van der Waals surface area contributed by atoms with Crippen molar-refractivity contribution in [1.29, 1.82) is 0 Å². The Kier molecular flexibility index (Phi) is 1.59. The van der Waals surface area contributed by atoms with E-state index < -0.39 is 5.00 Å². The van der Waals surface area contributed by atoms with Gasteiger partial charge in [0.15, 0.2) is 5.00 Å². The van der Waals surface area contributed by atoms with Gasteiger partial charge in [0.2, 0.25) is 0 Å². The van der Waals surface area contributed by atoms with Crippen LogP contribution in [0.5, 0.6) is 0 Å². The summed E-state index contributed by atoms with van der Waals surface area (Å²) in [4.78, 5) is 0. The van der Waals surface area contributed by atoms with Gasteiger partial charge in [-0.1, -0.05) is 18.2 Å². The summed E-state index contributed by atoms with van der Waals surface area (Å²) in [5.41, 5.74) is 1.09. The predicted molar refractivity (Wildman–Crippen MR) is 63.8 cm³/mol. The molecule has 2 heterocycles. The first-order valence-electron chi connectivity index (χ1n) is 5.15. The Bertz CT molecular complexity index is 498. The average molecular weight is 254 g/mol. The Hall–Kier alpha value is -0.480. The minimum absolute atomic E-state index is 0.0720. The Labute approximate surface area is 100 Å². The van der Waals surface area contributed by atoms with Crippen molar-refractivity contribution in [3.63, 3.8) is 0 Å². The molecule has 2 saturated heterocycles. The number of hydrogen-bond donors (Lipinski definition) is 0. The molecule has 0 saturated carbocycles. The van der Waals surface area contributed by atoms with Crippen LogP contribution >= 0.6 is 23.5 Å². The van der Waals surface area contributed by atoms with Crippen molar-refractivity contribution in [3.05, 3.63) is 47.8 Å². The van der Waals surface area contributed by atoms with Crippen molar-refractivity contribution in [2.24, 2.45) is 0 Å². The lowest BCUT2D eigenvalue weighted by molar-refractivity contribution is 0.382. The van der Waals surface area contributed by atoms with Crippen LogP contribution in [-0.2, 0) is 4.75 Å². The van der Waals surface area contributed by atoms with E-state index in [4.69, 9.17) is 0 Å². The molecule has 82 valence electrons. The number of alkyl halides is 1. The summed E-state index contributed by atoms with van der Waals surface area (Å²) in [7, 11) is 0. The maximum atomic E-state index is 13.8. The lowest BCUT2D eigenvalue weighted by Gasteiger charge is -2.15. The molecule has 0 nitrogen and oxygen atoms in total. The summed E-state index contributed by atoms with van der Waals surface area (Å²) in [6.07, 6.45) is 3.65. The molecule has 0 bridgehead atoms. The molecule has 1 aliphatic carbocycles. The third-order valence-electron chi connectivity index (χ3n) is 3.45. The zero-order valence-electron chi connectivity index (χ0n) is 8.19. The number of rotatable bonds is 1. The molecule has 0 N–H and O–H groups in total. The van der Waals surface area contributed by atoms with Gasteiger partial charge in [0.25, 0.3) is 0 Å². The van der Waals surface area contributed by atoms with Gasteiger partial charge in [-0.25, -0.2) is 8.78 Å². The van der Waals surface area contributed by atoms with Gasteiger partial charge in [0.05, 0.1) is 10.00 Å². The second-order valence-corrected chi connectivity index (χ2v) is 7.20. The summed E-state index contributed by atoms with van der Waals surface area (Å²) in [6.45, 7) is 0. The zero-order chi connectivity index (χ0) is 11.0. The SMILES string of the molecule is Fc1ccc(C23C=CC4(F)SC4C2S3)cc1. The summed E-state index contributed by atoms with van der Waals surface area (Å²) >= 11 is 3.18. The van der Waals surface area contributed by atoms with Crippen molar-refractivity contribution < 1.29 is 8.78 Å². The highest BCUT2D eigenvalue weighted by Crippen LogP contribution is 2.77. The number of benzene rings is 1. The summed E-state index contributed by atoms with van der Waals surface area (Å²) in [5, 5.41) is -0.664. The van der Waals surface area contributed by atoms with Crippen LogP contribution in [0.15, 0.2) is 36.4 Å². The van der Waals surface area contributed by atoms with Crippen LogP contribution in [0.2, 0.25) is 0 Å². The molecule has 16 heavy (non-hydrogen) atoms. The number of hydrogen-bond acceptors (Lipinski definition) is 2. The van der Waals surface area contributed by atoms with E-state index in [1.54, 1.807) is 17.8 Å². The largest absolute Gasteiger partial charge is 0.226 e. The second-order valence-electron chi connectivity index (χ2n) is 4.41. The molecule has 4 heteroatoms. The molecule has 1 aromatic carbocycles. The highest BCUT2D eigenvalue weighted by atomic mass is 32.2. The standard InChI is InChI=1S/C12H8F2S2/c13-8-3-1-7(2-4-8)11-5-6-12(14)10(16-12)9(11)15-11/h1-6,9-10H. The molecular formula is C12H8F2S2. The fraction of sp³-hybridized carbons (Fsp3) is 0.333. The van der Waals surface area contributed by atoms with Crippen molar-refractivity contribution in [2.75, 3.05) is 0 Å². The maximum Gasteiger partial charge on any atom is 0.188 e. The molecule has 2 aliphatic heterocycles. The van der Waals surface area contributed by atoms with E-state index in [9.17, 15) is 8.78 Å². The summed E-state index contributed by atoms with van der Waals surface area (Å²) in [5.74, 6) is -0.220. The molecule has 4 atom stereocenters. The Morgan fingerprint density at radius 1 is 1.00 bits per heavy atom. The number of fused-ring (bicyclic) bond motifs is 3. The monoisotopic (exact) mass is 254 g/mol. The van der Waals surface area contributed by atoms with Gasteiger partial charge in [-0.05, 0) is 23.8 Å².